The van der Waals surface area contributed by atoms with Gasteiger partial charge in [-0.2, -0.15) is 0 Å². The summed E-state index contributed by atoms with van der Waals surface area (Å²) in [5.41, 5.74) is -0.310. The number of nitro groups is 2. The Balaban J connectivity index is 2.14. The van der Waals surface area contributed by atoms with Crippen LogP contribution in [0.2, 0.25) is 0 Å². The van der Waals surface area contributed by atoms with Gasteiger partial charge in [0.05, 0.1) is 28.1 Å². The molecule has 2 aromatic carbocycles. The van der Waals surface area contributed by atoms with Crippen molar-refractivity contribution in [2.75, 3.05) is 13.2 Å². The molecule has 0 spiro atoms. The van der Waals surface area contributed by atoms with Crippen molar-refractivity contribution >= 4 is 28.8 Å². The van der Waals surface area contributed by atoms with Crippen molar-refractivity contribution in [2.45, 2.75) is 6.04 Å². The van der Waals surface area contributed by atoms with Crippen molar-refractivity contribution in [3.8, 4) is 0 Å². The molecule has 0 aromatic heterocycles. The van der Waals surface area contributed by atoms with Crippen LogP contribution < -0.4 is 0 Å². The number of benzene rings is 2. The maximum absolute atomic E-state index is 12.6. The van der Waals surface area contributed by atoms with Crippen LogP contribution in [0.5, 0.6) is 0 Å². The third kappa shape index (κ3) is 3.61. The Morgan fingerprint density at radius 1 is 0.933 bits per heavy atom. The smallest absolute Gasteiger partial charge is 0.295 e. The first-order valence-electron chi connectivity index (χ1n) is 8.64. The fourth-order valence-electron chi connectivity index (χ4n) is 3.24. The number of carbonyl (C=O) groups excluding carboxylic acids is 2. The number of hydrogen-bond acceptors (Lipinski definition) is 8. The van der Waals surface area contributed by atoms with E-state index < -0.39 is 39.9 Å². The van der Waals surface area contributed by atoms with E-state index in [1.54, 1.807) is 0 Å². The van der Waals surface area contributed by atoms with Gasteiger partial charge in [0.25, 0.3) is 23.1 Å². The van der Waals surface area contributed by atoms with E-state index in [0.717, 1.165) is 17.0 Å². The number of nitrogens with zero attached hydrogens (tertiary/aromatic N) is 3. The number of ketones is 1. The van der Waals surface area contributed by atoms with Crippen LogP contribution in [0.4, 0.5) is 11.4 Å². The molecule has 11 nitrogen and oxygen atoms in total. The van der Waals surface area contributed by atoms with Crippen molar-refractivity contribution in [3.05, 3.63) is 85.5 Å². The highest BCUT2D eigenvalue weighted by molar-refractivity contribution is 6.46. The van der Waals surface area contributed by atoms with E-state index in [4.69, 9.17) is 0 Å². The van der Waals surface area contributed by atoms with Crippen LogP contribution in [0, 0.1) is 20.2 Å². The number of rotatable bonds is 6. The van der Waals surface area contributed by atoms with E-state index in [-0.39, 0.29) is 29.1 Å². The van der Waals surface area contributed by atoms with Crippen molar-refractivity contribution < 1.29 is 29.6 Å². The van der Waals surface area contributed by atoms with Gasteiger partial charge in [-0.05, 0) is 29.8 Å². The number of amides is 1. The number of likely N-dealkylation sites (tertiary alicyclic amines) is 1. The van der Waals surface area contributed by atoms with Gasteiger partial charge in [0.2, 0.25) is 0 Å². The third-order valence-corrected chi connectivity index (χ3v) is 4.65. The first-order valence-corrected chi connectivity index (χ1v) is 8.64. The molecule has 0 unspecified atom stereocenters. The minimum absolute atomic E-state index is 0.0783. The Hall–Kier alpha value is -4.12. The van der Waals surface area contributed by atoms with Gasteiger partial charge < -0.3 is 15.1 Å². The standard InChI is InChI=1S/C19H15N3O8/c23-10-9-20-16(11-1-5-13(6-2-11)21(27)28)15(18(25)19(20)26)17(24)12-3-7-14(8-4-12)22(29)30/h1-8,16,23-24H,9-10H2/b17-15+/t16-/m1/s1. The number of β-amino-alcohol motifs (C(OH)–C–C–N with tert-alkyl or cyclic N) is 1. The molecule has 0 radical (unpaired) electrons. The fourth-order valence-corrected chi connectivity index (χ4v) is 3.24. The number of aliphatic hydroxyl groups excluding tert-OH is 2. The van der Waals surface area contributed by atoms with Gasteiger partial charge in [-0.1, -0.05) is 0 Å². The van der Waals surface area contributed by atoms with Crippen molar-refractivity contribution in [1.29, 1.82) is 0 Å². The minimum atomic E-state index is -1.09. The van der Waals surface area contributed by atoms with E-state index in [0.29, 0.717) is 5.56 Å². The first-order chi connectivity index (χ1) is 14.3. The van der Waals surface area contributed by atoms with Gasteiger partial charge in [-0.15, -0.1) is 0 Å². The van der Waals surface area contributed by atoms with Crippen LogP contribution >= 0.6 is 0 Å². The molecule has 11 heteroatoms. The normalized spacial score (nSPS) is 17.9. The highest BCUT2D eigenvalue weighted by atomic mass is 16.6. The van der Waals surface area contributed by atoms with Crippen LogP contribution in [-0.2, 0) is 9.59 Å². The number of aliphatic hydroxyl groups is 2. The molecular weight excluding hydrogens is 398 g/mol. The molecule has 154 valence electrons. The molecular formula is C19H15N3O8. The molecule has 1 saturated heterocycles. The van der Waals surface area contributed by atoms with E-state index >= 15 is 0 Å². The monoisotopic (exact) mass is 413 g/mol. The van der Waals surface area contributed by atoms with Gasteiger partial charge in [-0.25, -0.2) is 0 Å². The largest absolute Gasteiger partial charge is 0.507 e. The summed E-state index contributed by atoms with van der Waals surface area (Å²) < 4.78 is 0. The Morgan fingerprint density at radius 3 is 1.90 bits per heavy atom. The van der Waals surface area contributed by atoms with Crippen molar-refractivity contribution in [1.82, 2.24) is 4.90 Å². The summed E-state index contributed by atoms with van der Waals surface area (Å²) in [7, 11) is 0. The first kappa shape index (κ1) is 20.6. The lowest BCUT2D eigenvalue weighted by molar-refractivity contribution is -0.385. The molecule has 30 heavy (non-hydrogen) atoms. The van der Waals surface area contributed by atoms with E-state index in [1.807, 2.05) is 0 Å². The summed E-state index contributed by atoms with van der Waals surface area (Å²) in [6.45, 7) is -0.655. The van der Waals surface area contributed by atoms with Crippen molar-refractivity contribution in [3.63, 3.8) is 0 Å². The van der Waals surface area contributed by atoms with Crippen LogP contribution in [0.3, 0.4) is 0 Å². The molecule has 2 aromatic rings. The summed E-state index contributed by atoms with van der Waals surface area (Å²) in [6.07, 6.45) is 0. The average molecular weight is 413 g/mol. The summed E-state index contributed by atoms with van der Waals surface area (Å²) >= 11 is 0. The lowest BCUT2D eigenvalue weighted by atomic mass is 9.95. The molecule has 2 N–H and O–H groups in total. The molecule has 1 fully saturated rings. The molecule has 1 atom stereocenters. The number of carbonyl (C=O) groups is 2. The van der Waals surface area contributed by atoms with Crippen molar-refractivity contribution in [2.24, 2.45) is 0 Å². The molecule has 3 rings (SSSR count). The number of Topliss-reactive ketones (excluding diaryl/α,β-unsaturated/α-hetero) is 1. The Morgan fingerprint density at radius 2 is 1.43 bits per heavy atom. The lowest BCUT2D eigenvalue weighted by Gasteiger charge is -2.24. The molecule has 0 bridgehead atoms. The minimum Gasteiger partial charge on any atom is -0.507 e. The van der Waals surface area contributed by atoms with Crippen LogP contribution in [-0.4, -0.2) is 49.8 Å². The Labute approximate surface area is 168 Å². The summed E-state index contributed by atoms with van der Waals surface area (Å²) in [4.78, 5) is 46.6. The zero-order valence-electron chi connectivity index (χ0n) is 15.3. The number of hydrogen-bond donors (Lipinski definition) is 2. The zero-order chi connectivity index (χ0) is 22.0. The predicted octanol–water partition coefficient (Wildman–Crippen LogP) is 1.92. The fraction of sp³-hybridized carbons (Fsp3) is 0.158. The molecule has 0 aliphatic carbocycles. The number of non-ortho nitro benzene ring substituents is 2. The van der Waals surface area contributed by atoms with E-state index in [2.05, 4.69) is 0 Å². The summed E-state index contributed by atoms with van der Waals surface area (Å²) in [6, 6.07) is 8.75. The highest BCUT2D eigenvalue weighted by Crippen LogP contribution is 2.39. The van der Waals surface area contributed by atoms with Gasteiger partial charge in [-0.3, -0.25) is 29.8 Å². The van der Waals surface area contributed by atoms with Gasteiger partial charge in [0, 0.05) is 36.4 Å². The van der Waals surface area contributed by atoms with E-state index in [9.17, 15) is 40.0 Å². The SMILES string of the molecule is O=C1C(=O)N(CCO)[C@H](c2ccc([N+](=O)[O-])cc2)/C1=C(\O)c1ccc([N+](=O)[O-])cc1. The van der Waals surface area contributed by atoms with Crippen LogP contribution in [0.15, 0.2) is 54.1 Å². The Bertz CT molecular complexity index is 1060. The highest BCUT2D eigenvalue weighted by Gasteiger charge is 2.45. The average Bonchev–Trinajstić information content (AvgIpc) is 2.98. The van der Waals surface area contributed by atoms with E-state index in [1.165, 1.54) is 36.4 Å². The lowest BCUT2D eigenvalue weighted by Crippen LogP contribution is -2.32. The summed E-state index contributed by atoms with van der Waals surface area (Å²) in [5.74, 6) is -2.49. The molecule has 1 heterocycles. The van der Waals surface area contributed by atoms with Gasteiger partial charge >= 0.3 is 0 Å². The quantitative estimate of drug-likeness (QED) is 0.238. The third-order valence-electron chi connectivity index (χ3n) is 4.65. The molecule has 1 amide bonds. The molecule has 0 saturated carbocycles. The maximum atomic E-state index is 12.6. The summed E-state index contributed by atoms with van der Waals surface area (Å²) in [5, 5.41) is 41.7. The molecule has 1 aliphatic rings. The predicted molar refractivity (Wildman–Crippen MR) is 102 cm³/mol. The topological polar surface area (TPSA) is 164 Å². The zero-order valence-corrected chi connectivity index (χ0v) is 15.3. The van der Waals surface area contributed by atoms with Crippen LogP contribution in [0.25, 0.3) is 5.76 Å². The molecule has 1 aliphatic heterocycles. The van der Waals surface area contributed by atoms with Gasteiger partial charge in [0.15, 0.2) is 0 Å². The second-order valence-electron chi connectivity index (χ2n) is 6.37. The van der Waals surface area contributed by atoms with Crippen LogP contribution in [0.1, 0.15) is 17.2 Å². The Kier molecular flexibility index (Phi) is 5.56. The maximum Gasteiger partial charge on any atom is 0.295 e. The number of nitro benzene ring substituents is 2. The second-order valence-corrected chi connectivity index (χ2v) is 6.37. The second kappa shape index (κ2) is 8.09. The van der Waals surface area contributed by atoms with Gasteiger partial charge in [0.1, 0.15) is 5.76 Å².